The second kappa shape index (κ2) is 12.5. The first-order valence-electron chi connectivity index (χ1n) is 10.3. The second-order valence-electron chi connectivity index (χ2n) is 7.04. The summed E-state index contributed by atoms with van der Waals surface area (Å²) in [5, 5.41) is 13.1. The van der Waals surface area contributed by atoms with E-state index >= 15 is 0 Å². The van der Waals surface area contributed by atoms with E-state index in [9.17, 15) is 4.79 Å². The minimum atomic E-state index is -0.00227. The topological polar surface area (TPSA) is 69.0 Å². The summed E-state index contributed by atoms with van der Waals surface area (Å²) in [7, 11) is 1.68. The van der Waals surface area contributed by atoms with Crippen LogP contribution in [0.2, 0.25) is 5.02 Å². The van der Waals surface area contributed by atoms with Gasteiger partial charge in [0.05, 0.1) is 5.75 Å². The number of nitrogens with one attached hydrogen (secondary N) is 1. The standard InChI is InChI=1S/C23H27ClN4O2S/c1-30-16-6-15-28-22(19-10-12-20(24)13-11-19)26-27-23(28)31-17-21(29)25-14-5-9-18-7-3-2-4-8-18/h2-4,7-8,10-13H,5-6,9,14-17H2,1H3,(H,25,29). The third kappa shape index (κ3) is 7.38. The van der Waals surface area contributed by atoms with Gasteiger partial charge in [-0.3, -0.25) is 4.79 Å². The van der Waals surface area contributed by atoms with Gasteiger partial charge in [-0.2, -0.15) is 0 Å². The molecule has 1 amide bonds. The van der Waals surface area contributed by atoms with Gasteiger partial charge in [0.1, 0.15) is 0 Å². The number of halogens is 1. The summed E-state index contributed by atoms with van der Waals surface area (Å²) >= 11 is 7.41. The number of nitrogens with zero attached hydrogens (tertiary/aromatic N) is 3. The Hall–Kier alpha value is -2.35. The van der Waals surface area contributed by atoms with Gasteiger partial charge in [-0.1, -0.05) is 53.7 Å². The fraction of sp³-hybridized carbons (Fsp3) is 0.348. The summed E-state index contributed by atoms with van der Waals surface area (Å²) in [5.41, 5.74) is 2.22. The molecule has 0 spiro atoms. The maximum absolute atomic E-state index is 12.3. The lowest BCUT2D eigenvalue weighted by molar-refractivity contribution is -0.118. The predicted octanol–water partition coefficient (Wildman–Crippen LogP) is 4.48. The van der Waals surface area contributed by atoms with Crippen LogP contribution in [-0.2, 0) is 22.5 Å². The van der Waals surface area contributed by atoms with Gasteiger partial charge in [0.2, 0.25) is 5.91 Å². The van der Waals surface area contributed by atoms with Crippen LogP contribution in [0.5, 0.6) is 0 Å². The van der Waals surface area contributed by atoms with E-state index in [0.717, 1.165) is 35.8 Å². The first-order chi connectivity index (χ1) is 15.2. The number of carbonyl (C=O) groups excluding carboxylic acids is 1. The van der Waals surface area contributed by atoms with Gasteiger partial charge in [0, 0.05) is 37.4 Å². The molecule has 0 atom stereocenters. The first-order valence-corrected chi connectivity index (χ1v) is 11.6. The Morgan fingerprint density at radius 2 is 1.87 bits per heavy atom. The lowest BCUT2D eigenvalue weighted by Crippen LogP contribution is -2.26. The molecule has 0 aliphatic rings. The van der Waals surface area contributed by atoms with E-state index < -0.39 is 0 Å². The van der Waals surface area contributed by atoms with E-state index in [1.807, 2.05) is 47.0 Å². The molecule has 8 heteroatoms. The number of methoxy groups -OCH3 is 1. The predicted molar refractivity (Wildman–Crippen MR) is 125 cm³/mol. The SMILES string of the molecule is COCCCn1c(SCC(=O)NCCCc2ccccc2)nnc1-c1ccc(Cl)cc1. The van der Waals surface area contributed by atoms with E-state index in [2.05, 4.69) is 27.6 Å². The highest BCUT2D eigenvalue weighted by Gasteiger charge is 2.15. The maximum Gasteiger partial charge on any atom is 0.230 e. The average molecular weight is 459 g/mol. The summed E-state index contributed by atoms with van der Waals surface area (Å²) in [5.74, 6) is 1.06. The molecule has 0 saturated heterocycles. The van der Waals surface area contributed by atoms with Crippen molar-refractivity contribution >= 4 is 29.3 Å². The van der Waals surface area contributed by atoms with E-state index in [-0.39, 0.29) is 5.91 Å². The largest absolute Gasteiger partial charge is 0.385 e. The number of thioether (sulfide) groups is 1. The third-order valence-electron chi connectivity index (χ3n) is 4.69. The second-order valence-corrected chi connectivity index (χ2v) is 8.42. The molecule has 0 aliphatic heterocycles. The van der Waals surface area contributed by atoms with E-state index in [0.29, 0.717) is 30.5 Å². The van der Waals surface area contributed by atoms with Crippen molar-refractivity contribution in [2.45, 2.75) is 31.0 Å². The van der Waals surface area contributed by atoms with Crippen molar-refractivity contribution in [2.75, 3.05) is 26.0 Å². The summed E-state index contributed by atoms with van der Waals surface area (Å²) in [6.45, 7) is 2.01. The van der Waals surface area contributed by atoms with Gasteiger partial charge in [0.25, 0.3) is 0 Å². The molecule has 31 heavy (non-hydrogen) atoms. The third-order valence-corrected chi connectivity index (χ3v) is 5.91. The van der Waals surface area contributed by atoms with Crippen LogP contribution in [0.15, 0.2) is 59.8 Å². The van der Waals surface area contributed by atoms with E-state index in [4.69, 9.17) is 16.3 Å². The number of hydrogen-bond donors (Lipinski definition) is 1. The fourth-order valence-electron chi connectivity index (χ4n) is 3.12. The van der Waals surface area contributed by atoms with Crippen molar-refractivity contribution in [2.24, 2.45) is 0 Å². The molecule has 0 radical (unpaired) electrons. The number of ether oxygens (including phenoxy) is 1. The van der Waals surface area contributed by atoms with Crippen LogP contribution < -0.4 is 5.32 Å². The molecule has 0 bridgehead atoms. The Balaban J connectivity index is 1.54. The van der Waals surface area contributed by atoms with Crippen LogP contribution >= 0.6 is 23.4 Å². The van der Waals surface area contributed by atoms with Gasteiger partial charge < -0.3 is 14.6 Å². The van der Waals surface area contributed by atoms with Crippen LogP contribution in [0.4, 0.5) is 0 Å². The molecular weight excluding hydrogens is 432 g/mol. The fourth-order valence-corrected chi connectivity index (χ4v) is 4.04. The Morgan fingerprint density at radius 3 is 2.61 bits per heavy atom. The number of amides is 1. The van der Waals surface area contributed by atoms with Gasteiger partial charge >= 0.3 is 0 Å². The summed E-state index contributed by atoms with van der Waals surface area (Å²) < 4.78 is 7.22. The van der Waals surface area contributed by atoms with Gasteiger partial charge in [-0.05, 0) is 49.1 Å². The van der Waals surface area contributed by atoms with E-state index in [1.54, 1.807) is 7.11 Å². The van der Waals surface area contributed by atoms with Crippen LogP contribution in [0.1, 0.15) is 18.4 Å². The Morgan fingerprint density at radius 1 is 1.10 bits per heavy atom. The highest BCUT2D eigenvalue weighted by atomic mass is 35.5. The van der Waals surface area contributed by atoms with Crippen molar-refractivity contribution in [1.82, 2.24) is 20.1 Å². The molecule has 3 aromatic rings. The van der Waals surface area contributed by atoms with Crippen molar-refractivity contribution in [3.8, 4) is 11.4 Å². The normalized spacial score (nSPS) is 10.9. The smallest absolute Gasteiger partial charge is 0.230 e. The molecule has 0 fully saturated rings. The van der Waals surface area contributed by atoms with Gasteiger partial charge in [-0.25, -0.2) is 0 Å². The zero-order valence-electron chi connectivity index (χ0n) is 17.6. The zero-order chi connectivity index (χ0) is 21.9. The molecule has 1 aromatic heterocycles. The number of aromatic nitrogens is 3. The minimum Gasteiger partial charge on any atom is -0.385 e. The van der Waals surface area contributed by atoms with E-state index in [1.165, 1.54) is 17.3 Å². The molecule has 3 rings (SSSR count). The maximum atomic E-state index is 12.3. The number of aryl methyl sites for hydroxylation is 1. The molecule has 2 aromatic carbocycles. The van der Waals surface area contributed by atoms with Crippen LogP contribution in [0.3, 0.4) is 0 Å². The first kappa shape index (κ1) is 23.3. The molecular formula is C23H27ClN4O2S. The summed E-state index contributed by atoms with van der Waals surface area (Å²) in [4.78, 5) is 12.3. The van der Waals surface area contributed by atoms with Gasteiger partial charge in [-0.15, -0.1) is 10.2 Å². The minimum absolute atomic E-state index is 0.00227. The molecule has 164 valence electrons. The molecule has 1 heterocycles. The van der Waals surface area contributed by atoms with Crippen molar-refractivity contribution < 1.29 is 9.53 Å². The van der Waals surface area contributed by atoms with Gasteiger partial charge in [0.15, 0.2) is 11.0 Å². The number of hydrogen-bond acceptors (Lipinski definition) is 5. The number of benzene rings is 2. The van der Waals surface area contributed by atoms with Crippen molar-refractivity contribution in [3.05, 3.63) is 65.2 Å². The molecule has 1 N–H and O–H groups in total. The molecule has 0 saturated carbocycles. The highest BCUT2D eigenvalue weighted by Crippen LogP contribution is 2.25. The number of rotatable bonds is 12. The monoisotopic (exact) mass is 458 g/mol. The molecule has 0 aliphatic carbocycles. The Labute approximate surface area is 192 Å². The summed E-state index contributed by atoms with van der Waals surface area (Å²) in [6.07, 6.45) is 2.69. The lowest BCUT2D eigenvalue weighted by atomic mass is 10.1. The zero-order valence-corrected chi connectivity index (χ0v) is 19.2. The van der Waals surface area contributed by atoms with Crippen LogP contribution in [-0.4, -0.2) is 46.7 Å². The van der Waals surface area contributed by atoms with Crippen molar-refractivity contribution in [3.63, 3.8) is 0 Å². The Kier molecular flexibility index (Phi) is 9.39. The highest BCUT2D eigenvalue weighted by molar-refractivity contribution is 7.99. The number of carbonyl (C=O) groups is 1. The average Bonchev–Trinajstić information content (AvgIpc) is 3.19. The Bertz CT molecular complexity index is 948. The lowest BCUT2D eigenvalue weighted by Gasteiger charge is -2.10. The molecule has 0 unspecified atom stereocenters. The summed E-state index contributed by atoms with van der Waals surface area (Å²) in [6, 6.07) is 17.8. The molecule has 6 nitrogen and oxygen atoms in total. The van der Waals surface area contributed by atoms with Crippen LogP contribution in [0.25, 0.3) is 11.4 Å². The van der Waals surface area contributed by atoms with Crippen LogP contribution in [0, 0.1) is 0 Å². The van der Waals surface area contributed by atoms with Crippen molar-refractivity contribution in [1.29, 1.82) is 0 Å². The quantitative estimate of drug-likeness (QED) is 0.320.